The summed E-state index contributed by atoms with van der Waals surface area (Å²) in [5.74, 6) is 0.760. The predicted molar refractivity (Wildman–Crippen MR) is 90.2 cm³/mol. The Morgan fingerprint density at radius 1 is 1.22 bits per heavy atom. The zero-order valence-corrected chi connectivity index (χ0v) is 14.8. The van der Waals surface area contributed by atoms with E-state index in [-0.39, 0.29) is 10.7 Å². The molecule has 1 aliphatic heterocycles. The number of nitrogens with one attached hydrogen (secondary N) is 2. The summed E-state index contributed by atoms with van der Waals surface area (Å²) in [6, 6.07) is 6.07. The molecule has 0 saturated carbocycles. The van der Waals surface area contributed by atoms with Gasteiger partial charge < -0.3 is 4.90 Å². The van der Waals surface area contributed by atoms with Crippen LogP contribution < -0.4 is 9.62 Å². The summed E-state index contributed by atoms with van der Waals surface area (Å²) >= 11 is 0. The second-order valence-electron chi connectivity index (χ2n) is 6.51. The van der Waals surface area contributed by atoms with Gasteiger partial charge in [0.15, 0.2) is 5.78 Å². The van der Waals surface area contributed by atoms with E-state index in [0.717, 1.165) is 18.9 Å². The van der Waals surface area contributed by atoms with Crippen LogP contribution in [0.5, 0.6) is 0 Å². The smallest absolute Gasteiger partial charge is 0.240 e. The summed E-state index contributed by atoms with van der Waals surface area (Å²) in [4.78, 5) is 13.0. The summed E-state index contributed by atoms with van der Waals surface area (Å²) in [5, 5.41) is 0. The predicted octanol–water partition coefficient (Wildman–Crippen LogP) is 0.872. The van der Waals surface area contributed by atoms with Crippen molar-refractivity contribution in [2.75, 3.05) is 26.2 Å². The Morgan fingerprint density at radius 2 is 1.83 bits per heavy atom. The van der Waals surface area contributed by atoms with E-state index in [4.69, 9.17) is 0 Å². The first kappa shape index (κ1) is 18.1. The van der Waals surface area contributed by atoms with Crippen molar-refractivity contribution in [2.45, 2.75) is 38.0 Å². The number of carbonyl (C=O) groups is 1. The molecular weight excluding hydrogens is 312 g/mol. The Bertz CT molecular complexity index is 618. The van der Waals surface area contributed by atoms with Crippen LogP contribution in [-0.2, 0) is 10.0 Å². The average molecular weight is 339 g/mol. The van der Waals surface area contributed by atoms with Crippen LogP contribution in [0.15, 0.2) is 29.2 Å². The van der Waals surface area contributed by atoms with E-state index in [0.29, 0.717) is 12.1 Å². The molecule has 1 aliphatic rings. The monoisotopic (exact) mass is 339 g/mol. The van der Waals surface area contributed by atoms with Crippen molar-refractivity contribution < 1.29 is 18.1 Å². The molecule has 0 unspecified atom stereocenters. The summed E-state index contributed by atoms with van der Waals surface area (Å²) in [6.07, 6.45) is 3.38. The quantitative estimate of drug-likeness (QED) is 0.572. The van der Waals surface area contributed by atoms with Crippen LogP contribution in [0.4, 0.5) is 0 Å². The number of benzene rings is 1. The summed E-state index contributed by atoms with van der Waals surface area (Å²) in [6.45, 7) is 7.61. The lowest BCUT2D eigenvalue weighted by Crippen LogP contribution is -3.13. The third-order valence-corrected chi connectivity index (χ3v) is 6.03. The standard InChI is InChI=1S/C17H26N2O3S/c1-14-8-12-19(13-9-14)11-3-10-18-23(21,22)17-6-4-16(5-7-17)15(2)20/h4-7,14,18H,3,8-13H2,1-2H3/p+1. The molecule has 0 spiro atoms. The molecule has 0 amide bonds. The molecule has 0 atom stereocenters. The first-order valence-corrected chi connectivity index (χ1v) is 9.81. The average Bonchev–Trinajstić information content (AvgIpc) is 2.53. The number of hydrogen-bond donors (Lipinski definition) is 2. The molecule has 0 aliphatic carbocycles. The molecule has 1 heterocycles. The molecule has 6 heteroatoms. The normalized spacial score (nSPS) is 22.0. The number of sulfonamides is 1. The topological polar surface area (TPSA) is 67.7 Å². The molecule has 0 bridgehead atoms. The van der Waals surface area contributed by atoms with Gasteiger partial charge in [-0.2, -0.15) is 0 Å². The number of ketones is 1. The zero-order chi connectivity index (χ0) is 16.9. The highest BCUT2D eigenvalue weighted by Gasteiger charge is 2.19. The Kier molecular flexibility index (Phi) is 6.33. The number of Topliss-reactive ketones (excluding diaryl/α,β-unsaturated/α-hetero) is 1. The lowest BCUT2D eigenvalue weighted by molar-refractivity contribution is -0.906. The van der Waals surface area contributed by atoms with Crippen molar-refractivity contribution in [1.29, 1.82) is 0 Å². The summed E-state index contributed by atoms with van der Waals surface area (Å²) in [7, 11) is -3.49. The van der Waals surface area contributed by atoms with Gasteiger partial charge in [-0.1, -0.05) is 19.1 Å². The van der Waals surface area contributed by atoms with Crippen LogP contribution in [0.25, 0.3) is 0 Å². The van der Waals surface area contributed by atoms with Gasteiger partial charge in [0.2, 0.25) is 10.0 Å². The molecule has 1 saturated heterocycles. The summed E-state index contributed by atoms with van der Waals surface area (Å²) in [5.41, 5.74) is 0.520. The van der Waals surface area contributed by atoms with E-state index in [1.54, 1.807) is 17.0 Å². The highest BCUT2D eigenvalue weighted by atomic mass is 32.2. The number of rotatable bonds is 7. The molecule has 1 aromatic rings. The van der Waals surface area contributed by atoms with Crippen molar-refractivity contribution in [3.63, 3.8) is 0 Å². The fourth-order valence-corrected chi connectivity index (χ4v) is 3.99. The van der Waals surface area contributed by atoms with Gasteiger partial charge in [0, 0.05) is 18.5 Å². The molecule has 0 radical (unpaired) electrons. The van der Waals surface area contributed by atoms with Crippen LogP contribution in [0.1, 0.15) is 43.5 Å². The van der Waals surface area contributed by atoms with E-state index >= 15 is 0 Å². The molecule has 23 heavy (non-hydrogen) atoms. The zero-order valence-electron chi connectivity index (χ0n) is 14.0. The number of quaternary nitrogens is 1. The molecule has 0 aromatic heterocycles. The number of carbonyl (C=O) groups excluding carboxylic acids is 1. The molecule has 1 fully saturated rings. The highest BCUT2D eigenvalue weighted by molar-refractivity contribution is 7.89. The van der Waals surface area contributed by atoms with Crippen LogP contribution >= 0.6 is 0 Å². The maximum atomic E-state index is 12.2. The fraction of sp³-hybridized carbons (Fsp3) is 0.588. The Hall–Kier alpha value is -1.24. The van der Waals surface area contributed by atoms with Gasteiger partial charge in [-0.05, 0) is 37.8 Å². The SMILES string of the molecule is CC(=O)c1ccc(S(=O)(=O)NCCC[NH+]2CCC(C)CC2)cc1. The van der Waals surface area contributed by atoms with Gasteiger partial charge in [0.1, 0.15) is 0 Å². The van der Waals surface area contributed by atoms with Gasteiger partial charge in [0.05, 0.1) is 24.5 Å². The van der Waals surface area contributed by atoms with Crippen molar-refractivity contribution >= 4 is 15.8 Å². The van der Waals surface area contributed by atoms with Gasteiger partial charge in [-0.25, -0.2) is 13.1 Å². The third kappa shape index (κ3) is 5.41. The lowest BCUT2D eigenvalue weighted by Gasteiger charge is -2.27. The van der Waals surface area contributed by atoms with E-state index in [9.17, 15) is 13.2 Å². The van der Waals surface area contributed by atoms with Crippen molar-refractivity contribution in [3.8, 4) is 0 Å². The Morgan fingerprint density at radius 3 is 2.39 bits per heavy atom. The number of likely N-dealkylation sites (tertiary alicyclic amines) is 1. The maximum absolute atomic E-state index is 12.2. The first-order valence-electron chi connectivity index (χ1n) is 8.33. The number of piperidine rings is 1. The maximum Gasteiger partial charge on any atom is 0.240 e. The van der Waals surface area contributed by atoms with Crippen molar-refractivity contribution in [1.82, 2.24) is 4.72 Å². The molecule has 1 aromatic carbocycles. The molecule has 2 N–H and O–H groups in total. The highest BCUT2D eigenvalue weighted by Crippen LogP contribution is 2.11. The van der Waals surface area contributed by atoms with E-state index in [2.05, 4.69) is 11.6 Å². The van der Waals surface area contributed by atoms with E-state index in [1.165, 1.54) is 45.0 Å². The lowest BCUT2D eigenvalue weighted by atomic mass is 9.99. The Balaban J connectivity index is 1.78. The van der Waals surface area contributed by atoms with Crippen LogP contribution in [0.3, 0.4) is 0 Å². The van der Waals surface area contributed by atoms with Gasteiger partial charge >= 0.3 is 0 Å². The second kappa shape index (κ2) is 8.04. The molecular formula is C17H27N2O3S+. The third-order valence-electron chi connectivity index (χ3n) is 4.55. The summed E-state index contributed by atoms with van der Waals surface area (Å²) < 4.78 is 27.1. The van der Waals surface area contributed by atoms with Gasteiger partial charge in [0.25, 0.3) is 0 Å². The van der Waals surface area contributed by atoms with E-state index < -0.39 is 10.0 Å². The van der Waals surface area contributed by atoms with Crippen LogP contribution in [-0.4, -0.2) is 40.4 Å². The first-order chi connectivity index (χ1) is 10.9. The van der Waals surface area contributed by atoms with Crippen molar-refractivity contribution in [2.24, 2.45) is 5.92 Å². The van der Waals surface area contributed by atoms with Crippen LogP contribution in [0, 0.1) is 5.92 Å². The van der Waals surface area contributed by atoms with Gasteiger partial charge in [-0.3, -0.25) is 4.79 Å². The molecule has 128 valence electrons. The van der Waals surface area contributed by atoms with Gasteiger partial charge in [-0.15, -0.1) is 0 Å². The van der Waals surface area contributed by atoms with Crippen molar-refractivity contribution in [3.05, 3.63) is 29.8 Å². The minimum atomic E-state index is -3.49. The largest absolute Gasteiger partial charge is 0.335 e. The minimum absolute atomic E-state index is 0.0688. The number of hydrogen-bond acceptors (Lipinski definition) is 3. The minimum Gasteiger partial charge on any atom is -0.335 e. The second-order valence-corrected chi connectivity index (χ2v) is 8.28. The fourth-order valence-electron chi connectivity index (χ4n) is 2.92. The molecule has 2 rings (SSSR count). The Labute approximate surface area is 139 Å². The molecule has 5 nitrogen and oxygen atoms in total. The van der Waals surface area contributed by atoms with Crippen LogP contribution in [0.2, 0.25) is 0 Å². The van der Waals surface area contributed by atoms with E-state index in [1.807, 2.05) is 0 Å².